The first kappa shape index (κ1) is 14.2. The van der Waals surface area contributed by atoms with Gasteiger partial charge < -0.3 is 13.9 Å². The van der Waals surface area contributed by atoms with E-state index in [1.165, 1.54) is 0 Å². The van der Waals surface area contributed by atoms with Crippen molar-refractivity contribution in [3.05, 3.63) is 41.7 Å². The summed E-state index contributed by atoms with van der Waals surface area (Å²) >= 11 is 0. The van der Waals surface area contributed by atoms with Crippen LogP contribution in [0.2, 0.25) is 0 Å². The van der Waals surface area contributed by atoms with Crippen molar-refractivity contribution < 1.29 is 18.7 Å². The SMILES string of the molecule is COc1ccc(Oc2ccc(C=O)o2)c(C(C)(C)C)c1. The van der Waals surface area contributed by atoms with Crippen LogP contribution < -0.4 is 9.47 Å². The molecule has 0 N–H and O–H groups in total. The summed E-state index contributed by atoms with van der Waals surface area (Å²) < 4.78 is 16.2. The second kappa shape index (κ2) is 5.41. The lowest BCUT2D eigenvalue weighted by molar-refractivity contribution is 0.109. The Morgan fingerprint density at radius 3 is 2.45 bits per heavy atom. The highest BCUT2D eigenvalue weighted by Gasteiger charge is 2.21. The zero-order valence-corrected chi connectivity index (χ0v) is 12.1. The number of ether oxygens (including phenoxy) is 2. The van der Waals surface area contributed by atoms with Crippen LogP contribution in [0.3, 0.4) is 0 Å². The van der Waals surface area contributed by atoms with E-state index >= 15 is 0 Å². The molecule has 1 aromatic carbocycles. The lowest BCUT2D eigenvalue weighted by Crippen LogP contribution is -2.12. The summed E-state index contributed by atoms with van der Waals surface area (Å²) in [7, 11) is 1.63. The number of aldehydes is 1. The van der Waals surface area contributed by atoms with Crippen molar-refractivity contribution in [2.24, 2.45) is 0 Å². The topological polar surface area (TPSA) is 48.7 Å². The van der Waals surface area contributed by atoms with Crippen molar-refractivity contribution in [2.45, 2.75) is 26.2 Å². The highest BCUT2D eigenvalue weighted by atomic mass is 16.6. The molecule has 1 heterocycles. The molecule has 0 fully saturated rings. The summed E-state index contributed by atoms with van der Waals surface area (Å²) in [6, 6.07) is 8.80. The largest absolute Gasteiger partial charge is 0.497 e. The van der Waals surface area contributed by atoms with Gasteiger partial charge in [-0.2, -0.15) is 0 Å². The molecule has 0 spiro atoms. The van der Waals surface area contributed by atoms with Crippen LogP contribution in [0.4, 0.5) is 0 Å². The molecular weight excluding hydrogens is 256 g/mol. The molecule has 0 saturated heterocycles. The van der Waals surface area contributed by atoms with Crippen molar-refractivity contribution in [1.29, 1.82) is 0 Å². The minimum Gasteiger partial charge on any atom is -0.497 e. The second-order valence-corrected chi connectivity index (χ2v) is 5.49. The van der Waals surface area contributed by atoms with Gasteiger partial charge in [-0.15, -0.1) is 0 Å². The molecule has 0 radical (unpaired) electrons. The van der Waals surface area contributed by atoms with E-state index in [9.17, 15) is 4.79 Å². The van der Waals surface area contributed by atoms with Crippen LogP contribution in [0.15, 0.2) is 34.7 Å². The Balaban J connectivity index is 2.37. The molecule has 0 bridgehead atoms. The third-order valence-corrected chi connectivity index (χ3v) is 2.92. The van der Waals surface area contributed by atoms with Gasteiger partial charge in [-0.1, -0.05) is 20.8 Å². The normalized spacial score (nSPS) is 11.2. The van der Waals surface area contributed by atoms with E-state index < -0.39 is 0 Å². The summed E-state index contributed by atoms with van der Waals surface area (Å²) in [5.41, 5.74) is 0.894. The van der Waals surface area contributed by atoms with Gasteiger partial charge in [0.1, 0.15) is 11.5 Å². The van der Waals surface area contributed by atoms with Gasteiger partial charge in [-0.05, 0) is 29.7 Å². The van der Waals surface area contributed by atoms with Crippen molar-refractivity contribution in [2.75, 3.05) is 7.11 Å². The van der Waals surface area contributed by atoms with Crippen LogP contribution in [-0.2, 0) is 5.41 Å². The Morgan fingerprint density at radius 2 is 1.90 bits per heavy atom. The third-order valence-electron chi connectivity index (χ3n) is 2.92. The molecular formula is C16H18O4. The van der Waals surface area contributed by atoms with Gasteiger partial charge in [0.2, 0.25) is 0 Å². The van der Waals surface area contributed by atoms with E-state index in [0.717, 1.165) is 11.3 Å². The van der Waals surface area contributed by atoms with E-state index in [1.807, 2.05) is 18.2 Å². The summed E-state index contributed by atoms with van der Waals surface area (Å²) in [6.45, 7) is 6.27. The molecule has 2 rings (SSSR count). The van der Waals surface area contributed by atoms with Crippen LogP contribution in [0, 0.1) is 0 Å². The number of benzene rings is 1. The summed E-state index contributed by atoms with van der Waals surface area (Å²) in [5.74, 6) is 1.99. The fraction of sp³-hybridized carbons (Fsp3) is 0.312. The van der Waals surface area contributed by atoms with Gasteiger partial charge in [-0.25, -0.2) is 0 Å². The maximum Gasteiger partial charge on any atom is 0.290 e. The van der Waals surface area contributed by atoms with Gasteiger partial charge in [-0.3, -0.25) is 4.79 Å². The predicted molar refractivity (Wildman–Crippen MR) is 75.9 cm³/mol. The molecule has 4 heteroatoms. The third kappa shape index (κ3) is 3.02. The first-order chi connectivity index (χ1) is 9.44. The fourth-order valence-electron chi connectivity index (χ4n) is 1.87. The van der Waals surface area contributed by atoms with Crippen LogP contribution >= 0.6 is 0 Å². The first-order valence-electron chi connectivity index (χ1n) is 6.35. The summed E-state index contributed by atoms with van der Waals surface area (Å²) in [5, 5.41) is 0. The Labute approximate surface area is 118 Å². The fourth-order valence-corrected chi connectivity index (χ4v) is 1.87. The molecule has 20 heavy (non-hydrogen) atoms. The van der Waals surface area contributed by atoms with Gasteiger partial charge in [0.05, 0.1) is 7.11 Å². The predicted octanol–water partition coefficient (Wildman–Crippen LogP) is 4.19. The number of furan rings is 1. The van der Waals surface area contributed by atoms with Crippen molar-refractivity contribution in [1.82, 2.24) is 0 Å². The smallest absolute Gasteiger partial charge is 0.290 e. The van der Waals surface area contributed by atoms with Crippen molar-refractivity contribution in [3.63, 3.8) is 0 Å². The minimum absolute atomic E-state index is 0.107. The van der Waals surface area contributed by atoms with Crippen LogP contribution in [-0.4, -0.2) is 13.4 Å². The molecule has 0 unspecified atom stereocenters. The molecule has 0 saturated carbocycles. The molecule has 0 aliphatic rings. The molecule has 106 valence electrons. The number of hydrogen-bond donors (Lipinski definition) is 0. The van der Waals surface area contributed by atoms with Crippen molar-refractivity contribution in [3.8, 4) is 17.4 Å². The molecule has 4 nitrogen and oxygen atoms in total. The van der Waals surface area contributed by atoms with E-state index in [0.29, 0.717) is 18.0 Å². The maximum atomic E-state index is 10.6. The highest BCUT2D eigenvalue weighted by Crippen LogP contribution is 2.36. The lowest BCUT2D eigenvalue weighted by Gasteiger charge is -2.22. The molecule has 0 amide bonds. The average molecular weight is 274 g/mol. The van der Waals surface area contributed by atoms with Crippen molar-refractivity contribution >= 4 is 6.29 Å². The number of hydrogen-bond acceptors (Lipinski definition) is 4. The molecule has 2 aromatic rings. The highest BCUT2D eigenvalue weighted by molar-refractivity contribution is 5.70. The molecule has 1 aromatic heterocycles. The molecule has 0 atom stereocenters. The number of rotatable bonds is 4. The lowest BCUT2D eigenvalue weighted by atomic mass is 9.86. The Kier molecular flexibility index (Phi) is 3.84. The van der Waals surface area contributed by atoms with Gasteiger partial charge in [0.25, 0.3) is 5.95 Å². The monoisotopic (exact) mass is 274 g/mol. The van der Waals surface area contributed by atoms with Crippen LogP contribution in [0.1, 0.15) is 36.9 Å². The Morgan fingerprint density at radius 1 is 1.15 bits per heavy atom. The van der Waals surface area contributed by atoms with Gasteiger partial charge >= 0.3 is 0 Å². The van der Waals surface area contributed by atoms with E-state index in [-0.39, 0.29) is 11.2 Å². The average Bonchev–Trinajstić information content (AvgIpc) is 2.85. The van der Waals surface area contributed by atoms with Crippen LogP contribution in [0.25, 0.3) is 0 Å². The van der Waals surface area contributed by atoms with E-state index in [4.69, 9.17) is 13.9 Å². The molecule has 0 aliphatic carbocycles. The Bertz CT molecular complexity index is 605. The minimum atomic E-state index is -0.107. The Hall–Kier alpha value is -2.23. The summed E-state index contributed by atoms with van der Waals surface area (Å²) in [4.78, 5) is 10.6. The second-order valence-electron chi connectivity index (χ2n) is 5.49. The number of carbonyl (C=O) groups excluding carboxylic acids is 1. The van der Waals surface area contributed by atoms with Crippen LogP contribution in [0.5, 0.6) is 17.4 Å². The number of carbonyl (C=O) groups is 1. The van der Waals surface area contributed by atoms with Gasteiger partial charge in [0, 0.05) is 11.6 Å². The zero-order chi connectivity index (χ0) is 14.8. The zero-order valence-electron chi connectivity index (χ0n) is 12.1. The maximum absolute atomic E-state index is 10.6. The quantitative estimate of drug-likeness (QED) is 0.784. The first-order valence-corrected chi connectivity index (χ1v) is 6.35. The van der Waals surface area contributed by atoms with Gasteiger partial charge in [0.15, 0.2) is 12.0 Å². The number of methoxy groups -OCH3 is 1. The molecule has 0 aliphatic heterocycles. The van der Waals surface area contributed by atoms with E-state index in [1.54, 1.807) is 19.2 Å². The summed E-state index contributed by atoms with van der Waals surface area (Å²) in [6.07, 6.45) is 0.644. The standard InChI is InChI=1S/C16H18O4/c1-16(2,3)13-9-11(18-4)5-7-14(13)20-15-8-6-12(10-17)19-15/h5-10H,1-4H3. The van der Waals surface area contributed by atoms with E-state index in [2.05, 4.69) is 20.8 Å².